The second-order valence-electron chi connectivity index (χ2n) is 6.33. The molecule has 5 nitrogen and oxygen atoms in total. The average Bonchev–Trinajstić information content (AvgIpc) is 2.84. The lowest BCUT2D eigenvalue weighted by Gasteiger charge is -2.15. The van der Waals surface area contributed by atoms with Gasteiger partial charge in [-0.25, -0.2) is 4.98 Å². The van der Waals surface area contributed by atoms with Crippen molar-refractivity contribution in [2.24, 2.45) is 0 Å². The molecule has 0 amide bonds. The van der Waals surface area contributed by atoms with E-state index in [-0.39, 0.29) is 6.61 Å². The number of hydrogen-bond acceptors (Lipinski definition) is 4. The summed E-state index contributed by atoms with van der Waals surface area (Å²) < 4.78 is 12.9. The van der Waals surface area contributed by atoms with Gasteiger partial charge in [-0.05, 0) is 12.1 Å². The molecule has 0 saturated carbocycles. The van der Waals surface area contributed by atoms with Crippen molar-refractivity contribution in [2.45, 2.75) is 39.0 Å². The minimum absolute atomic E-state index is 0.0668. The Morgan fingerprint density at radius 2 is 2.10 bits per heavy atom. The highest BCUT2D eigenvalue weighted by atomic mass is 28.3. The molecule has 2 aromatic rings. The van der Waals surface area contributed by atoms with Crippen LogP contribution in [0.15, 0.2) is 18.5 Å². The molecule has 1 N–H and O–H groups in total. The number of pyridine rings is 1. The van der Waals surface area contributed by atoms with Crippen LogP contribution >= 0.6 is 0 Å². The molecular formula is C15H24N2O3Si. The summed E-state index contributed by atoms with van der Waals surface area (Å²) in [7, 11) is 0.522. The van der Waals surface area contributed by atoms with Crippen LogP contribution in [0.4, 0.5) is 0 Å². The van der Waals surface area contributed by atoms with E-state index in [1.165, 1.54) is 0 Å². The maximum Gasteiger partial charge on any atom is 0.143 e. The Labute approximate surface area is 126 Å². The molecule has 0 aliphatic carbocycles. The van der Waals surface area contributed by atoms with Crippen LogP contribution in [0.2, 0.25) is 25.7 Å². The van der Waals surface area contributed by atoms with Crippen molar-refractivity contribution in [2.75, 3.05) is 13.7 Å². The standard InChI is InChI=1S/C15H24N2O3Si/c1-19-14-9-16-15-12(13(14)10-18)5-6-17(15)11-20-7-8-21(2,3)4/h5-6,9,18H,7-8,10-11H2,1-4H3. The number of aromatic nitrogens is 2. The van der Waals surface area contributed by atoms with Gasteiger partial charge in [0.1, 0.15) is 18.1 Å². The predicted molar refractivity (Wildman–Crippen MR) is 86.3 cm³/mol. The van der Waals surface area contributed by atoms with Crippen molar-refractivity contribution in [3.05, 3.63) is 24.0 Å². The summed E-state index contributed by atoms with van der Waals surface area (Å²) in [5.74, 6) is 0.613. The van der Waals surface area contributed by atoms with Gasteiger partial charge in [-0.2, -0.15) is 0 Å². The molecule has 0 aromatic carbocycles. The molecule has 2 aromatic heterocycles. The number of aliphatic hydroxyl groups is 1. The molecule has 0 aliphatic rings. The fourth-order valence-corrected chi connectivity index (χ4v) is 2.92. The molecule has 0 atom stereocenters. The fourth-order valence-electron chi connectivity index (χ4n) is 2.16. The molecule has 2 rings (SSSR count). The van der Waals surface area contributed by atoms with Crippen LogP contribution in [-0.2, 0) is 18.1 Å². The smallest absolute Gasteiger partial charge is 0.143 e. The largest absolute Gasteiger partial charge is 0.495 e. The number of rotatable bonds is 7. The van der Waals surface area contributed by atoms with Crippen molar-refractivity contribution in [1.29, 1.82) is 0 Å². The highest BCUT2D eigenvalue weighted by Crippen LogP contribution is 2.26. The van der Waals surface area contributed by atoms with Gasteiger partial charge in [-0.3, -0.25) is 0 Å². The number of nitrogens with zero attached hydrogens (tertiary/aromatic N) is 2. The van der Waals surface area contributed by atoms with Crippen LogP contribution < -0.4 is 4.74 Å². The van der Waals surface area contributed by atoms with Crippen LogP contribution in [0.1, 0.15) is 5.56 Å². The topological polar surface area (TPSA) is 56.5 Å². The quantitative estimate of drug-likeness (QED) is 0.631. The van der Waals surface area contributed by atoms with Gasteiger partial charge in [0.25, 0.3) is 0 Å². The zero-order valence-electron chi connectivity index (χ0n) is 13.2. The number of fused-ring (bicyclic) bond motifs is 1. The lowest BCUT2D eigenvalue weighted by atomic mass is 10.2. The zero-order chi connectivity index (χ0) is 15.5. The summed E-state index contributed by atoms with van der Waals surface area (Å²) in [5.41, 5.74) is 1.58. The third kappa shape index (κ3) is 3.84. The van der Waals surface area contributed by atoms with Crippen molar-refractivity contribution >= 4 is 19.1 Å². The second kappa shape index (κ2) is 6.59. The highest BCUT2D eigenvalue weighted by Gasteiger charge is 2.14. The summed E-state index contributed by atoms with van der Waals surface area (Å²) in [5, 5.41) is 10.4. The van der Waals surface area contributed by atoms with Gasteiger partial charge in [0.05, 0.1) is 19.9 Å². The van der Waals surface area contributed by atoms with Gasteiger partial charge < -0.3 is 19.1 Å². The normalized spacial score (nSPS) is 12.0. The van der Waals surface area contributed by atoms with Gasteiger partial charge in [0.15, 0.2) is 0 Å². The molecule has 21 heavy (non-hydrogen) atoms. The Balaban J connectivity index is 2.12. The van der Waals surface area contributed by atoms with E-state index in [1.54, 1.807) is 13.3 Å². The van der Waals surface area contributed by atoms with Crippen LogP contribution in [-0.4, -0.2) is 36.4 Å². The van der Waals surface area contributed by atoms with Crippen LogP contribution in [0, 0.1) is 0 Å². The fraction of sp³-hybridized carbons (Fsp3) is 0.533. The first-order valence-electron chi connectivity index (χ1n) is 7.15. The summed E-state index contributed by atoms with van der Waals surface area (Å²) >= 11 is 0. The molecule has 0 saturated heterocycles. The van der Waals surface area contributed by atoms with Gasteiger partial charge in [-0.1, -0.05) is 19.6 Å². The first-order valence-corrected chi connectivity index (χ1v) is 10.9. The summed E-state index contributed by atoms with van der Waals surface area (Å²) in [6, 6.07) is 3.09. The van der Waals surface area contributed by atoms with E-state index >= 15 is 0 Å². The molecule has 6 heteroatoms. The van der Waals surface area contributed by atoms with E-state index < -0.39 is 8.07 Å². The van der Waals surface area contributed by atoms with E-state index in [4.69, 9.17) is 9.47 Å². The minimum Gasteiger partial charge on any atom is -0.495 e. The maximum atomic E-state index is 9.52. The molecular weight excluding hydrogens is 284 g/mol. The van der Waals surface area contributed by atoms with Crippen LogP contribution in [0.25, 0.3) is 11.0 Å². The van der Waals surface area contributed by atoms with E-state index in [1.807, 2.05) is 16.8 Å². The summed E-state index contributed by atoms with van der Waals surface area (Å²) in [4.78, 5) is 4.40. The third-order valence-electron chi connectivity index (χ3n) is 3.47. The van der Waals surface area contributed by atoms with Gasteiger partial charge in [0, 0.05) is 31.8 Å². The summed E-state index contributed by atoms with van der Waals surface area (Å²) in [6.07, 6.45) is 3.58. The van der Waals surface area contributed by atoms with Gasteiger partial charge in [-0.15, -0.1) is 0 Å². The van der Waals surface area contributed by atoms with Crippen molar-refractivity contribution in [1.82, 2.24) is 9.55 Å². The SMILES string of the molecule is COc1cnc2c(ccn2COCC[Si](C)(C)C)c1CO. The first-order chi connectivity index (χ1) is 9.96. The van der Waals surface area contributed by atoms with Crippen molar-refractivity contribution < 1.29 is 14.6 Å². The molecule has 2 heterocycles. The van der Waals surface area contributed by atoms with E-state index in [2.05, 4.69) is 24.6 Å². The molecule has 0 bridgehead atoms. The van der Waals surface area contributed by atoms with E-state index in [0.29, 0.717) is 12.5 Å². The number of methoxy groups -OCH3 is 1. The molecule has 0 radical (unpaired) electrons. The lowest BCUT2D eigenvalue weighted by Crippen LogP contribution is -2.22. The Kier molecular flexibility index (Phi) is 5.03. The monoisotopic (exact) mass is 308 g/mol. The van der Waals surface area contributed by atoms with Gasteiger partial charge >= 0.3 is 0 Å². The zero-order valence-corrected chi connectivity index (χ0v) is 14.2. The Hall–Kier alpha value is -1.37. The second-order valence-corrected chi connectivity index (χ2v) is 12.0. The molecule has 0 spiro atoms. The molecule has 0 fully saturated rings. The third-order valence-corrected chi connectivity index (χ3v) is 5.17. The minimum atomic E-state index is -1.06. The average molecular weight is 308 g/mol. The molecule has 116 valence electrons. The van der Waals surface area contributed by atoms with Crippen LogP contribution in [0.3, 0.4) is 0 Å². The number of ether oxygens (including phenoxy) is 2. The molecule has 0 aliphatic heterocycles. The van der Waals surface area contributed by atoms with E-state index in [9.17, 15) is 5.11 Å². The van der Waals surface area contributed by atoms with Gasteiger partial charge in [0.2, 0.25) is 0 Å². The molecule has 0 unspecified atom stereocenters. The predicted octanol–water partition coefficient (Wildman–Crippen LogP) is 2.85. The Morgan fingerprint density at radius 3 is 2.71 bits per heavy atom. The highest BCUT2D eigenvalue weighted by molar-refractivity contribution is 6.76. The summed E-state index contributed by atoms with van der Waals surface area (Å²) in [6.45, 7) is 8.20. The Morgan fingerprint density at radius 1 is 1.33 bits per heavy atom. The number of aliphatic hydroxyl groups excluding tert-OH is 1. The van der Waals surface area contributed by atoms with E-state index in [0.717, 1.165) is 29.2 Å². The lowest BCUT2D eigenvalue weighted by molar-refractivity contribution is 0.0898. The van der Waals surface area contributed by atoms with Crippen molar-refractivity contribution in [3.8, 4) is 5.75 Å². The number of hydrogen-bond donors (Lipinski definition) is 1. The van der Waals surface area contributed by atoms with Crippen LogP contribution in [0.5, 0.6) is 5.75 Å². The van der Waals surface area contributed by atoms with Crippen molar-refractivity contribution in [3.63, 3.8) is 0 Å². The Bertz CT molecular complexity index is 605. The first kappa shape index (κ1) is 16.0. The maximum absolute atomic E-state index is 9.52.